The second-order valence-corrected chi connectivity index (χ2v) is 22.8. The fourth-order valence-corrected chi connectivity index (χ4v) is 9.59. The number of hydrazine groups is 1. The number of hydrogen-bond donors (Lipinski definition) is 7. The fraction of sp³-hybridized carbons (Fsp3) is 0.754. The standard InChI is InChI=1S/C21H29N5O7.C13H25N3O6.C12H26N5O4.C10H22N2O6S.CH4.N2/c1-13-19(31-4)16(11-30-3)33-21(13)26-10-14(15-6-5-7-22-20(15)26)9-23-17(27)8-18(28)32-12-25(2)24-29;1-16(15-19)10-22-13(18)5-4-12(17)14-7-6-11(8-20-2)9-21-3;1-14-17(19)16(6-4-13)7-5-15-12(18)8-11(9-20-2)10-21-3;1-17-5-8(6-18-2)3-4-12-10(13)9(11)7-19(14,15)16;;1-2/h5-7,10,13,16,19,21H,8-9,11-12H2,1-4H3,(H,23,27);11H,4-10H2,1-3H3,(H,14,17);11H,1,4-10,13H2,2-3H3,(H,15,18);8-9H,3-7,11H2,1-2H3,(H,12,13)(H,14,15,16);1H4;/q;;-1;;;. The van der Waals surface area contributed by atoms with E-state index in [0.29, 0.717) is 104 Å². The molecule has 4 amide bonds. The van der Waals surface area contributed by atoms with Crippen LogP contribution in [0.2, 0.25) is 0 Å². The van der Waals surface area contributed by atoms with Crippen LogP contribution in [0, 0.1) is 49.5 Å². The quantitative estimate of drug-likeness (QED) is 0.00666. The van der Waals surface area contributed by atoms with Crippen molar-refractivity contribution in [1.82, 2.24) is 51.1 Å². The SMILES string of the molecule is C.C=NN([O-])N(CCN)CCNC(=O)CC(COC)COC.COCC(CCNC(=O)C(N)CS(=O)(=O)O)COC.COCC(CCNC(=O)CCC(=O)OCN(C)N=O)COC.COCC1OC(n2cc(CNC(=O)CC(=O)OCN(C)N=O)c3cccnc32)C(C)C1OC.N#N. The number of nitroso groups, excluding NO2 is 2. The molecule has 5 unspecified atom stereocenters. The van der Waals surface area contributed by atoms with E-state index >= 15 is 0 Å². The zero-order valence-corrected chi connectivity index (χ0v) is 58.1. The summed E-state index contributed by atoms with van der Waals surface area (Å²) in [7, 11) is 11.3. The summed E-state index contributed by atoms with van der Waals surface area (Å²) in [5.41, 5.74) is 12.3. The van der Waals surface area contributed by atoms with Crippen LogP contribution in [0.3, 0.4) is 0 Å². The van der Waals surface area contributed by atoms with E-state index in [0.717, 1.165) is 33.0 Å². The average molecular weight is 1430 g/mol. The lowest BCUT2D eigenvalue weighted by atomic mass is 10.0. The number of methoxy groups -OCH3 is 8. The molecule has 1 fully saturated rings. The molecule has 0 aromatic carbocycles. The first-order chi connectivity index (χ1) is 46.3. The van der Waals surface area contributed by atoms with Gasteiger partial charge >= 0.3 is 11.9 Å². The predicted molar refractivity (Wildman–Crippen MR) is 355 cm³/mol. The van der Waals surface area contributed by atoms with Crippen molar-refractivity contribution in [2.24, 2.45) is 50.8 Å². The van der Waals surface area contributed by atoms with Gasteiger partial charge in [0.05, 0.1) is 75.1 Å². The molecule has 2 aromatic rings. The van der Waals surface area contributed by atoms with Crippen LogP contribution in [0.4, 0.5) is 0 Å². The number of ether oxygens (including phenoxy) is 11. The monoisotopic (exact) mass is 1430 g/mol. The zero-order chi connectivity index (χ0) is 73.7. The predicted octanol–water partition coefficient (Wildman–Crippen LogP) is -0.0769. The van der Waals surface area contributed by atoms with Crippen molar-refractivity contribution >= 4 is 63.4 Å². The van der Waals surface area contributed by atoms with Crippen LogP contribution in [0.1, 0.15) is 64.7 Å². The third-order valence-corrected chi connectivity index (χ3v) is 14.2. The Hall–Kier alpha value is -7.41. The summed E-state index contributed by atoms with van der Waals surface area (Å²) in [4.78, 5) is 94.9. The second-order valence-electron chi connectivity index (χ2n) is 21.3. The topological polar surface area (TPSA) is 531 Å². The summed E-state index contributed by atoms with van der Waals surface area (Å²) in [6.45, 7) is 10.4. The van der Waals surface area contributed by atoms with Crippen molar-refractivity contribution in [1.29, 1.82) is 10.8 Å². The van der Waals surface area contributed by atoms with Gasteiger partial charge in [0.2, 0.25) is 23.6 Å². The van der Waals surface area contributed by atoms with Gasteiger partial charge in [-0.05, 0) is 30.5 Å². The third-order valence-electron chi connectivity index (χ3n) is 13.4. The molecular weight excluding hydrogens is 1320 g/mol. The highest BCUT2D eigenvalue weighted by Gasteiger charge is 2.44. The van der Waals surface area contributed by atoms with E-state index in [9.17, 15) is 52.2 Å². The molecule has 1 aliphatic rings. The first kappa shape index (κ1) is 94.8. The molecule has 40 nitrogen and oxygen atoms in total. The van der Waals surface area contributed by atoms with Crippen LogP contribution in [0.5, 0.6) is 0 Å². The number of aromatic nitrogens is 2. The number of fused-ring (bicyclic) bond motifs is 1. The van der Waals surface area contributed by atoms with Crippen molar-refractivity contribution in [3.05, 3.63) is 45.1 Å². The maximum absolute atomic E-state index is 12.2. The van der Waals surface area contributed by atoms with E-state index in [2.05, 4.69) is 48.6 Å². The van der Waals surface area contributed by atoms with Crippen molar-refractivity contribution in [2.45, 2.75) is 83.9 Å². The Morgan fingerprint density at radius 1 is 0.765 bits per heavy atom. The van der Waals surface area contributed by atoms with Gasteiger partial charge in [-0.15, -0.1) is 9.81 Å². The van der Waals surface area contributed by atoms with E-state index in [1.54, 1.807) is 63.1 Å². The normalized spacial score (nSPS) is 14.8. The Balaban J connectivity index is -0.00000125. The Morgan fingerprint density at radius 3 is 1.78 bits per heavy atom. The van der Waals surface area contributed by atoms with Crippen LogP contribution in [-0.4, -0.2) is 279 Å². The molecular formula is C57H106N17O23S-. The van der Waals surface area contributed by atoms with Crippen molar-refractivity contribution in [3.8, 4) is 0 Å². The number of carbonyl (C=O) groups excluding carboxylic acids is 6. The second kappa shape index (κ2) is 57.5. The van der Waals surface area contributed by atoms with Crippen molar-refractivity contribution < 1.29 is 93.8 Å². The number of hydrogen-bond acceptors (Lipinski definition) is 32. The lowest BCUT2D eigenvalue weighted by Crippen LogP contribution is -2.45. The van der Waals surface area contributed by atoms with E-state index in [1.807, 2.05) is 29.8 Å². The largest absolute Gasteiger partial charge is 0.726 e. The van der Waals surface area contributed by atoms with Gasteiger partial charge in [0.15, 0.2) is 13.5 Å². The summed E-state index contributed by atoms with van der Waals surface area (Å²) in [5, 5.41) is 46.8. The van der Waals surface area contributed by atoms with Crippen LogP contribution in [-0.2, 0) is 97.5 Å². The molecule has 2 aromatic heterocycles. The van der Waals surface area contributed by atoms with Crippen molar-refractivity contribution in [2.75, 3.05) is 176 Å². The summed E-state index contributed by atoms with van der Waals surface area (Å²) in [6, 6.07) is 2.45. The van der Waals surface area contributed by atoms with Gasteiger partial charge in [-0.3, -0.25) is 38.6 Å². The lowest BCUT2D eigenvalue weighted by molar-refractivity contribution is -0.150. The van der Waals surface area contributed by atoms with Gasteiger partial charge in [-0.1, -0.05) is 14.4 Å². The number of nitrogens with one attached hydrogen (secondary N) is 4. The van der Waals surface area contributed by atoms with E-state index in [-0.39, 0.29) is 94.2 Å². The summed E-state index contributed by atoms with van der Waals surface area (Å²) in [5.74, 6) is -3.19. The van der Waals surface area contributed by atoms with Crippen LogP contribution in [0.15, 0.2) is 40.2 Å². The van der Waals surface area contributed by atoms with E-state index in [4.69, 9.17) is 78.9 Å². The third kappa shape index (κ3) is 42.4. The number of hydrazone groups is 1. The minimum absolute atomic E-state index is 0. The lowest BCUT2D eigenvalue weighted by Gasteiger charge is -2.36. The molecule has 0 saturated carbocycles. The maximum Gasteiger partial charge on any atom is 0.317 e. The maximum atomic E-state index is 12.2. The number of nitrogens with two attached hydrogens (primary N) is 2. The molecule has 98 heavy (non-hydrogen) atoms. The fourth-order valence-electron chi connectivity index (χ4n) is 8.98. The highest BCUT2D eigenvalue weighted by Crippen LogP contribution is 2.39. The molecule has 1 saturated heterocycles. The minimum Gasteiger partial charge on any atom is -0.726 e. The molecule has 0 spiro atoms. The summed E-state index contributed by atoms with van der Waals surface area (Å²) >= 11 is 0. The van der Waals surface area contributed by atoms with Gasteiger partial charge in [-0.2, -0.15) is 13.5 Å². The van der Waals surface area contributed by atoms with Gasteiger partial charge in [-0.25, -0.2) is 20.0 Å². The van der Waals surface area contributed by atoms with Crippen LogP contribution in [0.25, 0.3) is 11.0 Å². The first-order valence-corrected chi connectivity index (χ1v) is 31.7. The minimum atomic E-state index is -4.25. The molecule has 3 heterocycles. The Morgan fingerprint density at radius 2 is 1.29 bits per heavy atom. The van der Waals surface area contributed by atoms with Gasteiger partial charge in [0.1, 0.15) is 30.4 Å². The van der Waals surface area contributed by atoms with Gasteiger partial charge < -0.3 is 94.6 Å². The highest BCUT2D eigenvalue weighted by atomic mass is 32.2. The molecule has 0 aliphatic carbocycles. The molecule has 3 rings (SSSR count). The Labute approximate surface area is 572 Å². The van der Waals surface area contributed by atoms with Crippen molar-refractivity contribution in [3.63, 3.8) is 0 Å². The molecule has 1 aliphatic heterocycles. The number of amides is 4. The molecule has 564 valence electrons. The number of esters is 2. The highest BCUT2D eigenvalue weighted by molar-refractivity contribution is 7.85. The Kier molecular flexibility index (Phi) is 55.6. The summed E-state index contributed by atoms with van der Waals surface area (Å²) in [6.07, 6.45) is 4.08. The number of nitrogens with zero attached hydrogens (tertiary/aromatic N) is 11. The molecule has 5 atom stereocenters. The van der Waals surface area contributed by atoms with Crippen LogP contribution < -0.4 is 32.7 Å². The average Bonchev–Trinajstić information content (AvgIpc) is 1.62. The van der Waals surface area contributed by atoms with E-state index < -0.39 is 52.1 Å². The van der Waals surface area contributed by atoms with E-state index in [1.165, 1.54) is 19.1 Å². The zero-order valence-electron chi connectivity index (χ0n) is 57.3. The smallest absolute Gasteiger partial charge is 0.317 e. The molecule has 41 heteroatoms. The van der Waals surface area contributed by atoms with Gasteiger partial charge in [0, 0.05) is 189 Å². The Bertz CT molecular complexity index is 2660. The van der Waals surface area contributed by atoms with Crippen LogP contribution >= 0.6 is 0 Å². The molecule has 0 radical (unpaired) electrons. The number of carbonyl (C=O) groups is 6. The van der Waals surface area contributed by atoms with Gasteiger partial charge in [0.25, 0.3) is 10.1 Å². The molecule has 9 N–H and O–H groups in total. The first-order valence-electron chi connectivity index (χ1n) is 30.1. The molecule has 0 bridgehead atoms. The number of rotatable bonds is 47. The summed E-state index contributed by atoms with van der Waals surface area (Å²) < 4.78 is 88.5. The number of pyridine rings is 1.